The van der Waals surface area contributed by atoms with Gasteiger partial charge in [-0.1, -0.05) is 6.07 Å². The highest BCUT2D eigenvalue weighted by Crippen LogP contribution is 2.46. The summed E-state index contributed by atoms with van der Waals surface area (Å²) in [4.78, 5) is 49.2. The van der Waals surface area contributed by atoms with Crippen molar-refractivity contribution in [3.8, 4) is 0 Å². The molecule has 1 unspecified atom stereocenters. The van der Waals surface area contributed by atoms with Crippen LogP contribution in [0.4, 0.5) is 5.00 Å². The summed E-state index contributed by atoms with van der Waals surface area (Å²) in [5.41, 5.74) is 1.28. The Kier molecular flexibility index (Phi) is 7.80. The highest BCUT2D eigenvalue weighted by Gasteiger charge is 2.32. The molecule has 1 aliphatic carbocycles. The van der Waals surface area contributed by atoms with Crippen LogP contribution in [0.1, 0.15) is 65.9 Å². The molecule has 1 aliphatic rings. The van der Waals surface area contributed by atoms with Crippen LogP contribution < -0.4 is 10.6 Å². The van der Waals surface area contributed by atoms with E-state index in [4.69, 9.17) is 9.47 Å². The number of anilines is 1. The van der Waals surface area contributed by atoms with E-state index >= 15 is 0 Å². The number of rotatable bonds is 10. The molecule has 2 aromatic rings. The van der Waals surface area contributed by atoms with E-state index in [1.54, 1.807) is 6.92 Å². The van der Waals surface area contributed by atoms with Crippen molar-refractivity contribution in [2.24, 2.45) is 0 Å². The van der Waals surface area contributed by atoms with Gasteiger partial charge in [-0.2, -0.15) is 0 Å². The van der Waals surface area contributed by atoms with Gasteiger partial charge in [-0.25, -0.2) is 4.79 Å². The van der Waals surface area contributed by atoms with E-state index in [1.807, 2.05) is 22.9 Å². The largest absolute Gasteiger partial charge is 0.462 e. The Hall–Kier alpha value is -2.72. The summed E-state index contributed by atoms with van der Waals surface area (Å²) < 4.78 is 10.2. The minimum Gasteiger partial charge on any atom is -0.462 e. The van der Waals surface area contributed by atoms with Gasteiger partial charge < -0.3 is 20.1 Å². The van der Waals surface area contributed by atoms with Gasteiger partial charge in [0, 0.05) is 11.8 Å². The Morgan fingerprint density at radius 2 is 1.97 bits per heavy atom. The van der Waals surface area contributed by atoms with Crippen LogP contribution in [0.25, 0.3) is 0 Å². The van der Waals surface area contributed by atoms with Gasteiger partial charge in [0.1, 0.15) is 5.00 Å². The molecule has 2 N–H and O–H groups in total. The maximum Gasteiger partial charge on any atom is 0.341 e. The Labute approximate surface area is 187 Å². The van der Waals surface area contributed by atoms with Gasteiger partial charge in [-0.05, 0) is 48.1 Å². The first-order valence-corrected chi connectivity index (χ1v) is 11.7. The minimum atomic E-state index is -0.613. The van der Waals surface area contributed by atoms with Crippen molar-refractivity contribution in [1.82, 2.24) is 5.32 Å². The standard InChI is InChI=1S/C21H24N2O6S2/c1-3-28-21(27)19-14(13-6-7-13)11-31-20(19)23-17(25)10-29-18(26)9-15(22-12(2)24)16-5-4-8-30-16/h4-5,8,11,13,15H,3,6-7,9-10H2,1-2H3,(H,22,24)(H,23,25). The second-order valence-electron chi connectivity index (χ2n) is 7.07. The van der Waals surface area contributed by atoms with Gasteiger partial charge in [0.15, 0.2) is 6.61 Å². The fourth-order valence-corrected chi connectivity index (χ4v) is 4.89. The number of hydrogen-bond acceptors (Lipinski definition) is 8. The molecule has 2 aromatic heterocycles. The number of esters is 2. The summed E-state index contributed by atoms with van der Waals surface area (Å²) in [5, 5.41) is 9.48. The third-order valence-electron chi connectivity index (χ3n) is 4.57. The first-order valence-electron chi connectivity index (χ1n) is 9.93. The molecule has 0 saturated heterocycles. The minimum absolute atomic E-state index is 0.0910. The Morgan fingerprint density at radius 3 is 2.58 bits per heavy atom. The number of nitrogens with one attached hydrogen (secondary N) is 2. The molecular weight excluding hydrogens is 440 g/mol. The lowest BCUT2D eigenvalue weighted by atomic mass is 10.1. The second kappa shape index (κ2) is 10.5. The van der Waals surface area contributed by atoms with Crippen molar-refractivity contribution in [3.63, 3.8) is 0 Å². The maximum atomic E-state index is 12.4. The molecule has 31 heavy (non-hydrogen) atoms. The zero-order valence-corrected chi connectivity index (χ0v) is 18.9. The quantitative estimate of drug-likeness (QED) is 0.520. The number of carbonyl (C=O) groups is 4. The number of amides is 2. The van der Waals surface area contributed by atoms with Crippen LogP contribution in [0.3, 0.4) is 0 Å². The summed E-state index contributed by atoms with van der Waals surface area (Å²) in [6.45, 7) is 2.85. The van der Waals surface area contributed by atoms with Gasteiger partial charge in [0.25, 0.3) is 5.91 Å². The fraction of sp³-hybridized carbons (Fsp3) is 0.429. The molecule has 1 fully saturated rings. The van der Waals surface area contributed by atoms with E-state index < -0.39 is 30.5 Å². The van der Waals surface area contributed by atoms with Crippen LogP contribution in [-0.2, 0) is 23.9 Å². The molecule has 10 heteroatoms. The van der Waals surface area contributed by atoms with E-state index in [0.29, 0.717) is 16.5 Å². The van der Waals surface area contributed by atoms with E-state index in [0.717, 1.165) is 23.3 Å². The average molecular weight is 465 g/mol. The number of carbonyl (C=O) groups excluding carboxylic acids is 4. The molecular formula is C21H24N2O6S2. The predicted octanol–water partition coefficient (Wildman–Crippen LogP) is 3.61. The highest BCUT2D eigenvalue weighted by atomic mass is 32.1. The van der Waals surface area contributed by atoms with Crippen molar-refractivity contribution >= 4 is 51.4 Å². The van der Waals surface area contributed by atoms with E-state index in [-0.39, 0.29) is 18.9 Å². The molecule has 0 bridgehead atoms. The number of thiophene rings is 2. The monoisotopic (exact) mass is 464 g/mol. The Morgan fingerprint density at radius 1 is 1.19 bits per heavy atom. The van der Waals surface area contributed by atoms with E-state index in [9.17, 15) is 19.2 Å². The molecule has 0 aromatic carbocycles. The van der Waals surface area contributed by atoms with Crippen LogP contribution in [-0.4, -0.2) is 37.0 Å². The normalized spacial score (nSPS) is 13.9. The summed E-state index contributed by atoms with van der Waals surface area (Å²) in [5.74, 6) is -1.57. The van der Waals surface area contributed by atoms with Crippen molar-refractivity contribution < 1.29 is 28.7 Å². The van der Waals surface area contributed by atoms with E-state index in [1.165, 1.54) is 29.6 Å². The lowest BCUT2D eigenvalue weighted by Crippen LogP contribution is -2.29. The summed E-state index contributed by atoms with van der Waals surface area (Å²) >= 11 is 2.67. The summed E-state index contributed by atoms with van der Waals surface area (Å²) in [6.07, 6.45) is 1.92. The summed E-state index contributed by atoms with van der Waals surface area (Å²) in [7, 11) is 0. The van der Waals surface area contributed by atoms with Crippen LogP contribution in [0.2, 0.25) is 0 Å². The average Bonchev–Trinajstić information content (AvgIpc) is 3.24. The SMILES string of the molecule is CCOC(=O)c1c(C2CC2)csc1NC(=O)COC(=O)CC(NC(C)=O)c1cccs1. The van der Waals surface area contributed by atoms with Crippen LogP contribution in [0, 0.1) is 0 Å². The van der Waals surface area contributed by atoms with Gasteiger partial charge in [0.2, 0.25) is 5.91 Å². The molecule has 8 nitrogen and oxygen atoms in total. The second-order valence-corrected chi connectivity index (χ2v) is 8.93. The molecule has 1 atom stereocenters. The number of ether oxygens (including phenoxy) is 2. The van der Waals surface area contributed by atoms with E-state index in [2.05, 4.69) is 10.6 Å². The molecule has 1 saturated carbocycles. The predicted molar refractivity (Wildman–Crippen MR) is 117 cm³/mol. The zero-order chi connectivity index (χ0) is 22.4. The first kappa shape index (κ1) is 23.0. The topological polar surface area (TPSA) is 111 Å². The van der Waals surface area contributed by atoms with Crippen molar-refractivity contribution in [2.45, 2.75) is 45.1 Å². The van der Waals surface area contributed by atoms with Crippen LogP contribution in [0.15, 0.2) is 22.9 Å². The maximum absolute atomic E-state index is 12.4. The molecule has 2 heterocycles. The zero-order valence-electron chi connectivity index (χ0n) is 17.3. The molecule has 166 valence electrons. The summed E-state index contributed by atoms with van der Waals surface area (Å²) in [6, 6.07) is 3.13. The highest BCUT2D eigenvalue weighted by molar-refractivity contribution is 7.15. The van der Waals surface area contributed by atoms with Crippen molar-refractivity contribution in [3.05, 3.63) is 38.9 Å². The smallest absolute Gasteiger partial charge is 0.341 e. The van der Waals surface area contributed by atoms with Gasteiger partial charge >= 0.3 is 11.9 Å². The van der Waals surface area contributed by atoms with Crippen LogP contribution in [0.5, 0.6) is 0 Å². The lowest BCUT2D eigenvalue weighted by Gasteiger charge is -2.15. The van der Waals surface area contributed by atoms with Crippen molar-refractivity contribution in [2.75, 3.05) is 18.5 Å². The first-order chi connectivity index (χ1) is 14.9. The molecule has 2 amide bonds. The lowest BCUT2D eigenvalue weighted by molar-refractivity contribution is -0.147. The molecule has 0 aliphatic heterocycles. The molecule has 0 spiro atoms. The Balaban J connectivity index is 1.57. The van der Waals surface area contributed by atoms with Gasteiger partial charge in [0.05, 0.1) is 24.6 Å². The number of hydrogen-bond donors (Lipinski definition) is 2. The fourth-order valence-electron chi connectivity index (χ4n) is 3.06. The Bertz CT molecular complexity index is 949. The van der Waals surface area contributed by atoms with Gasteiger partial charge in [-0.3, -0.25) is 14.4 Å². The third-order valence-corrected chi connectivity index (χ3v) is 6.47. The molecule has 3 rings (SSSR count). The van der Waals surface area contributed by atoms with Gasteiger partial charge in [-0.15, -0.1) is 22.7 Å². The van der Waals surface area contributed by atoms with Crippen molar-refractivity contribution in [1.29, 1.82) is 0 Å². The molecule has 0 radical (unpaired) electrons. The van der Waals surface area contributed by atoms with Crippen LogP contribution >= 0.6 is 22.7 Å². The third kappa shape index (κ3) is 6.38.